The second-order valence-corrected chi connectivity index (χ2v) is 6.98. The van der Waals surface area contributed by atoms with Gasteiger partial charge in [-0.25, -0.2) is 13.4 Å². The monoisotopic (exact) mass is 326 g/mol. The maximum Gasteiger partial charge on any atom is 0.263 e. The van der Waals surface area contributed by atoms with Gasteiger partial charge in [-0.1, -0.05) is 18.7 Å². The number of nitrogen functional groups attached to an aromatic ring is 1. The fourth-order valence-electron chi connectivity index (χ4n) is 1.54. The van der Waals surface area contributed by atoms with Crippen LogP contribution in [0.2, 0.25) is 0 Å². The van der Waals surface area contributed by atoms with E-state index in [1.807, 2.05) is 6.92 Å². The van der Waals surface area contributed by atoms with Crippen molar-refractivity contribution < 1.29 is 8.42 Å². The summed E-state index contributed by atoms with van der Waals surface area (Å²) in [5.41, 5.74) is 5.56. The van der Waals surface area contributed by atoms with Crippen molar-refractivity contribution in [2.75, 3.05) is 16.2 Å². The molecule has 0 aliphatic heterocycles. The molecule has 2 rings (SSSR count). The second-order valence-electron chi connectivity index (χ2n) is 4.04. The molecule has 0 aliphatic carbocycles. The Bertz CT molecular complexity index is 785. The average molecular weight is 326 g/mol. The Morgan fingerprint density at radius 2 is 2.00 bits per heavy atom. The largest absolute Gasteiger partial charge is 0.399 e. The predicted octanol–water partition coefficient (Wildman–Crippen LogP) is 1.26. The number of hydrogen-bond donors (Lipinski definition) is 3. The van der Waals surface area contributed by atoms with Crippen LogP contribution < -0.4 is 16.0 Å². The summed E-state index contributed by atoms with van der Waals surface area (Å²) < 4.78 is 26.6. The van der Waals surface area contributed by atoms with E-state index in [0.717, 1.165) is 6.07 Å². The summed E-state index contributed by atoms with van der Waals surface area (Å²) in [4.78, 5) is 18.1. The molecule has 4 N–H and O–H groups in total. The van der Waals surface area contributed by atoms with Gasteiger partial charge in [-0.2, -0.15) is 0 Å². The molecule has 0 unspecified atom stereocenters. The first kappa shape index (κ1) is 15.4. The Hall–Kier alpha value is -2.00. The van der Waals surface area contributed by atoms with E-state index in [-0.39, 0.29) is 10.7 Å². The van der Waals surface area contributed by atoms with Crippen LogP contribution in [0.25, 0.3) is 0 Å². The van der Waals surface area contributed by atoms with E-state index in [1.165, 1.54) is 36.0 Å². The minimum atomic E-state index is -3.81. The summed E-state index contributed by atoms with van der Waals surface area (Å²) in [5, 5.41) is 0.361. The molecular weight excluding hydrogens is 312 g/mol. The molecule has 1 heterocycles. The first-order chi connectivity index (χ1) is 9.90. The topological polar surface area (TPSA) is 118 Å². The van der Waals surface area contributed by atoms with E-state index >= 15 is 0 Å². The van der Waals surface area contributed by atoms with E-state index < -0.39 is 15.6 Å². The normalized spacial score (nSPS) is 11.3. The third kappa shape index (κ3) is 3.99. The number of sulfonamides is 1. The highest BCUT2D eigenvalue weighted by Crippen LogP contribution is 2.17. The number of hydrogen-bond acceptors (Lipinski definition) is 6. The molecule has 21 heavy (non-hydrogen) atoms. The van der Waals surface area contributed by atoms with Crippen LogP contribution in [-0.4, -0.2) is 24.1 Å². The van der Waals surface area contributed by atoms with E-state index in [9.17, 15) is 13.2 Å². The predicted molar refractivity (Wildman–Crippen MR) is 82.9 cm³/mol. The van der Waals surface area contributed by atoms with E-state index in [4.69, 9.17) is 5.73 Å². The van der Waals surface area contributed by atoms with Crippen LogP contribution >= 0.6 is 11.8 Å². The van der Waals surface area contributed by atoms with Crippen LogP contribution in [0.4, 0.5) is 11.5 Å². The first-order valence-corrected chi connectivity index (χ1v) is 8.50. The number of aromatic amines is 1. The Morgan fingerprint density at radius 1 is 1.33 bits per heavy atom. The second kappa shape index (κ2) is 6.19. The fourth-order valence-corrected chi connectivity index (χ4v) is 3.14. The van der Waals surface area contributed by atoms with Crippen molar-refractivity contribution in [3.8, 4) is 0 Å². The van der Waals surface area contributed by atoms with Gasteiger partial charge >= 0.3 is 0 Å². The molecule has 9 heteroatoms. The van der Waals surface area contributed by atoms with Crippen molar-refractivity contribution >= 4 is 33.3 Å². The molecule has 7 nitrogen and oxygen atoms in total. The minimum Gasteiger partial charge on any atom is -0.399 e. The number of H-pyrrole nitrogens is 1. The maximum atomic E-state index is 12.2. The molecule has 2 aromatic rings. The van der Waals surface area contributed by atoms with Gasteiger partial charge in [-0.3, -0.25) is 9.52 Å². The molecule has 1 aromatic heterocycles. The highest BCUT2D eigenvalue weighted by Gasteiger charge is 2.15. The zero-order chi connectivity index (χ0) is 15.5. The van der Waals surface area contributed by atoms with Crippen molar-refractivity contribution in [2.24, 2.45) is 0 Å². The van der Waals surface area contributed by atoms with Gasteiger partial charge in [0.05, 0.1) is 4.90 Å². The summed E-state index contributed by atoms with van der Waals surface area (Å²) in [5.74, 6) is 0.684. The Balaban J connectivity index is 2.32. The molecule has 0 fully saturated rings. The van der Waals surface area contributed by atoms with Crippen LogP contribution in [0, 0.1) is 0 Å². The summed E-state index contributed by atoms with van der Waals surface area (Å²) in [6, 6.07) is 6.82. The van der Waals surface area contributed by atoms with Gasteiger partial charge in [0.25, 0.3) is 15.6 Å². The molecule has 0 saturated carbocycles. The Labute approximate surface area is 126 Å². The van der Waals surface area contributed by atoms with Gasteiger partial charge in [0, 0.05) is 11.8 Å². The average Bonchev–Trinajstić information content (AvgIpc) is 2.38. The van der Waals surface area contributed by atoms with E-state index in [1.54, 1.807) is 0 Å². The molecule has 0 saturated heterocycles. The number of thioether (sulfide) groups is 1. The standard InChI is InChI=1S/C12H14N4O3S2/c1-2-20-12-14-10(7-11(17)15-12)16-21(18,19)9-5-3-8(13)4-6-9/h3-7H,2,13H2,1H3,(H2,14,15,16,17). The third-order valence-electron chi connectivity index (χ3n) is 2.43. The highest BCUT2D eigenvalue weighted by molar-refractivity contribution is 7.99. The number of rotatable bonds is 5. The minimum absolute atomic E-state index is 0.0217. The molecule has 1 aromatic carbocycles. The SMILES string of the molecule is CCSc1nc(NS(=O)(=O)c2ccc(N)cc2)cc(=O)[nH]1. The van der Waals surface area contributed by atoms with Gasteiger partial charge in [0.15, 0.2) is 5.16 Å². The van der Waals surface area contributed by atoms with Crippen LogP contribution in [0.1, 0.15) is 6.92 Å². The van der Waals surface area contributed by atoms with Crippen LogP contribution in [0.15, 0.2) is 45.2 Å². The fraction of sp³-hybridized carbons (Fsp3) is 0.167. The molecule has 112 valence electrons. The quantitative estimate of drug-likeness (QED) is 0.432. The lowest BCUT2D eigenvalue weighted by molar-refractivity contribution is 0.601. The van der Waals surface area contributed by atoms with Crippen LogP contribution in [0.5, 0.6) is 0 Å². The van der Waals surface area contributed by atoms with Gasteiger partial charge in [0.1, 0.15) is 5.82 Å². The summed E-state index contributed by atoms with van der Waals surface area (Å²) in [6.07, 6.45) is 0. The van der Waals surface area contributed by atoms with Crippen molar-refractivity contribution in [1.29, 1.82) is 0 Å². The van der Waals surface area contributed by atoms with Gasteiger partial charge in [0.2, 0.25) is 0 Å². The maximum absolute atomic E-state index is 12.2. The van der Waals surface area contributed by atoms with Crippen molar-refractivity contribution in [2.45, 2.75) is 17.0 Å². The van der Waals surface area contributed by atoms with Crippen LogP contribution in [-0.2, 0) is 10.0 Å². The Morgan fingerprint density at radius 3 is 2.62 bits per heavy atom. The lowest BCUT2D eigenvalue weighted by Crippen LogP contribution is -2.17. The number of nitrogens with zero attached hydrogens (tertiary/aromatic N) is 1. The highest BCUT2D eigenvalue weighted by atomic mass is 32.2. The molecule has 0 bridgehead atoms. The van der Waals surface area contributed by atoms with E-state index in [2.05, 4.69) is 14.7 Å². The van der Waals surface area contributed by atoms with E-state index in [0.29, 0.717) is 16.6 Å². The first-order valence-electron chi connectivity index (χ1n) is 6.03. The van der Waals surface area contributed by atoms with Gasteiger partial charge in [-0.15, -0.1) is 0 Å². The van der Waals surface area contributed by atoms with Crippen LogP contribution in [0.3, 0.4) is 0 Å². The Kier molecular flexibility index (Phi) is 4.53. The summed E-state index contributed by atoms with van der Waals surface area (Å²) in [6.45, 7) is 1.90. The summed E-state index contributed by atoms with van der Waals surface area (Å²) in [7, 11) is -3.81. The zero-order valence-electron chi connectivity index (χ0n) is 11.2. The van der Waals surface area contributed by atoms with Crippen molar-refractivity contribution in [1.82, 2.24) is 9.97 Å². The third-order valence-corrected chi connectivity index (χ3v) is 4.56. The lowest BCUT2D eigenvalue weighted by atomic mass is 10.3. The molecular formula is C12H14N4O3S2. The number of anilines is 2. The molecule has 0 atom stereocenters. The molecule has 0 amide bonds. The molecule has 0 aliphatic rings. The van der Waals surface area contributed by atoms with Gasteiger partial charge in [-0.05, 0) is 30.0 Å². The number of aromatic nitrogens is 2. The number of nitrogens with one attached hydrogen (secondary N) is 2. The molecule has 0 spiro atoms. The van der Waals surface area contributed by atoms with Gasteiger partial charge < -0.3 is 10.7 Å². The smallest absolute Gasteiger partial charge is 0.263 e. The molecule has 0 radical (unpaired) electrons. The summed E-state index contributed by atoms with van der Waals surface area (Å²) >= 11 is 1.31. The lowest BCUT2D eigenvalue weighted by Gasteiger charge is -2.08. The zero-order valence-corrected chi connectivity index (χ0v) is 12.8. The van der Waals surface area contributed by atoms with Crippen molar-refractivity contribution in [3.05, 3.63) is 40.7 Å². The van der Waals surface area contributed by atoms with Crippen molar-refractivity contribution in [3.63, 3.8) is 0 Å². The number of benzene rings is 1. The number of nitrogens with two attached hydrogens (primary N) is 1.